The van der Waals surface area contributed by atoms with Gasteiger partial charge in [0.05, 0.1) is 5.56 Å². The first kappa shape index (κ1) is 16.5. The molecule has 0 saturated heterocycles. The maximum atomic E-state index is 13.9. The van der Waals surface area contributed by atoms with Gasteiger partial charge in [0.1, 0.15) is 5.82 Å². The zero-order valence-corrected chi connectivity index (χ0v) is 14.5. The molecule has 1 aliphatic rings. The predicted octanol–water partition coefficient (Wildman–Crippen LogP) is 4.92. The number of rotatable bonds is 2. The average Bonchev–Trinajstić information content (AvgIpc) is 2.37. The molecule has 1 saturated carbocycles. The van der Waals surface area contributed by atoms with Crippen molar-refractivity contribution in [3.63, 3.8) is 0 Å². The molecule has 0 spiro atoms. The second-order valence-electron chi connectivity index (χ2n) is 6.96. The third-order valence-electron chi connectivity index (χ3n) is 4.37. The monoisotopic (exact) mass is 355 g/mol. The Kier molecular flexibility index (Phi) is 5.07. The summed E-state index contributed by atoms with van der Waals surface area (Å²) in [6.07, 6.45) is 4.43. The molecule has 1 aromatic carbocycles. The average molecular weight is 356 g/mol. The van der Waals surface area contributed by atoms with Gasteiger partial charge in [-0.25, -0.2) is 4.39 Å². The quantitative estimate of drug-likeness (QED) is 0.800. The second-order valence-corrected chi connectivity index (χ2v) is 7.88. The smallest absolute Gasteiger partial charge is 0.254 e. The van der Waals surface area contributed by atoms with Crippen LogP contribution in [0, 0.1) is 17.2 Å². The Labute approximate surface area is 134 Å². The van der Waals surface area contributed by atoms with Crippen LogP contribution in [0.15, 0.2) is 22.7 Å². The van der Waals surface area contributed by atoms with Crippen LogP contribution in [0.2, 0.25) is 0 Å². The van der Waals surface area contributed by atoms with Crippen molar-refractivity contribution in [3.05, 3.63) is 34.1 Å². The first-order chi connectivity index (χ1) is 9.79. The van der Waals surface area contributed by atoms with Gasteiger partial charge in [0.2, 0.25) is 0 Å². The van der Waals surface area contributed by atoms with Crippen LogP contribution in [0.3, 0.4) is 0 Å². The first-order valence-electron chi connectivity index (χ1n) is 7.55. The van der Waals surface area contributed by atoms with E-state index in [0.29, 0.717) is 10.4 Å². The first-order valence-corrected chi connectivity index (χ1v) is 8.34. The third-order valence-corrected chi connectivity index (χ3v) is 4.86. The Hall–Kier alpha value is -0.900. The van der Waals surface area contributed by atoms with Gasteiger partial charge in [-0.05, 0) is 42.4 Å². The summed E-state index contributed by atoms with van der Waals surface area (Å²) >= 11 is 3.21. The Balaban J connectivity index is 2.13. The molecule has 2 nitrogen and oxygen atoms in total. The van der Waals surface area contributed by atoms with Crippen molar-refractivity contribution >= 4 is 21.8 Å². The lowest BCUT2D eigenvalue weighted by Gasteiger charge is -2.40. The lowest BCUT2D eigenvalue weighted by molar-refractivity contribution is 0.0826. The number of hydrogen-bond acceptors (Lipinski definition) is 1. The molecule has 0 radical (unpaired) electrons. The fourth-order valence-corrected chi connectivity index (χ4v) is 3.59. The minimum Gasteiger partial charge on any atom is -0.349 e. The summed E-state index contributed by atoms with van der Waals surface area (Å²) in [7, 11) is 0. The molecule has 1 fully saturated rings. The number of carbonyl (C=O) groups excluding carboxylic acids is 1. The summed E-state index contributed by atoms with van der Waals surface area (Å²) in [5, 5.41) is 3.06. The largest absolute Gasteiger partial charge is 0.349 e. The van der Waals surface area contributed by atoms with Crippen molar-refractivity contribution in [3.8, 4) is 0 Å². The highest BCUT2D eigenvalue weighted by Gasteiger charge is 2.35. The number of carbonyl (C=O) groups is 1. The topological polar surface area (TPSA) is 29.1 Å². The van der Waals surface area contributed by atoms with Crippen LogP contribution >= 0.6 is 15.9 Å². The van der Waals surface area contributed by atoms with Crippen LogP contribution in [0.4, 0.5) is 4.39 Å². The number of halogens is 2. The van der Waals surface area contributed by atoms with Gasteiger partial charge in [-0.2, -0.15) is 0 Å². The second kappa shape index (κ2) is 6.47. The zero-order chi connectivity index (χ0) is 15.6. The van der Waals surface area contributed by atoms with E-state index in [-0.39, 0.29) is 22.9 Å². The van der Waals surface area contributed by atoms with Gasteiger partial charge in [-0.3, -0.25) is 4.79 Å². The van der Waals surface area contributed by atoms with E-state index in [2.05, 4.69) is 42.0 Å². The number of nitrogens with one attached hydrogen (secondary N) is 1. The Morgan fingerprint density at radius 2 is 1.95 bits per heavy atom. The van der Waals surface area contributed by atoms with Gasteiger partial charge < -0.3 is 5.32 Å². The molecule has 0 aromatic heterocycles. The molecule has 1 amide bonds. The molecule has 1 aromatic rings. The molecule has 4 heteroatoms. The molecule has 1 N–H and O–H groups in total. The molecule has 0 aliphatic heterocycles. The summed E-state index contributed by atoms with van der Waals surface area (Å²) in [4.78, 5) is 12.4. The minimum atomic E-state index is -0.481. The van der Waals surface area contributed by atoms with Crippen molar-refractivity contribution in [1.82, 2.24) is 5.32 Å². The molecule has 2 unspecified atom stereocenters. The summed E-state index contributed by atoms with van der Waals surface area (Å²) in [5.41, 5.74) is 0.271. The highest BCUT2D eigenvalue weighted by Crippen LogP contribution is 2.38. The zero-order valence-electron chi connectivity index (χ0n) is 12.9. The lowest BCUT2D eigenvalue weighted by atomic mass is 9.69. The van der Waals surface area contributed by atoms with E-state index in [1.54, 1.807) is 6.07 Å². The third kappa shape index (κ3) is 4.06. The van der Waals surface area contributed by atoms with Crippen LogP contribution in [-0.4, -0.2) is 11.9 Å². The fraction of sp³-hybridized carbons (Fsp3) is 0.588. The van der Waals surface area contributed by atoms with Gasteiger partial charge in [0.15, 0.2) is 0 Å². The van der Waals surface area contributed by atoms with Gasteiger partial charge >= 0.3 is 0 Å². The number of hydrogen-bond donors (Lipinski definition) is 1. The molecule has 2 rings (SSSR count). The molecular weight excluding hydrogens is 333 g/mol. The molecule has 1 aliphatic carbocycles. The highest BCUT2D eigenvalue weighted by molar-refractivity contribution is 9.10. The Morgan fingerprint density at radius 1 is 1.29 bits per heavy atom. The van der Waals surface area contributed by atoms with E-state index in [1.165, 1.54) is 18.6 Å². The Bertz CT molecular complexity index is 524. The van der Waals surface area contributed by atoms with Crippen LogP contribution in [0.5, 0.6) is 0 Å². The van der Waals surface area contributed by atoms with Gasteiger partial charge in [0.25, 0.3) is 5.91 Å². The fourth-order valence-electron chi connectivity index (χ4n) is 3.26. The lowest BCUT2D eigenvalue weighted by Crippen LogP contribution is -2.46. The molecule has 0 heterocycles. The molecule has 116 valence electrons. The van der Waals surface area contributed by atoms with E-state index < -0.39 is 5.82 Å². The van der Waals surface area contributed by atoms with Gasteiger partial charge in [-0.1, -0.05) is 49.5 Å². The standard InChI is InChI=1S/C17H23BrFNO/c1-17(2,3)13-6-4-5-7-15(13)20-16(21)12-9-8-11(18)10-14(12)19/h8-10,13,15H,4-7H2,1-3H3,(H,20,21). The van der Waals surface area contributed by atoms with E-state index >= 15 is 0 Å². The molecule has 2 atom stereocenters. The van der Waals surface area contributed by atoms with Crippen LogP contribution < -0.4 is 5.32 Å². The number of amides is 1. The van der Waals surface area contributed by atoms with Gasteiger partial charge in [0, 0.05) is 10.5 Å². The highest BCUT2D eigenvalue weighted by atomic mass is 79.9. The molecule has 0 bridgehead atoms. The van der Waals surface area contributed by atoms with Crippen molar-refractivity contribution in [2.45, 2.75) is 52.5 Å². The maximum Gasteiger partial charge on any atom is 0.254 e. The van der Waals surface area contributed by atoms with Gasteiger partial charge in [-0.15, -0.1) is 0 Å². The van der Waals surface area contributed by atoms with Crippen molar-refractivity contribution in [2.75, 3.05) is 0 Å². The summed E-state index contributed by atoms with van der Waals surface area (Å²) in [5.74, 6) is -0.347. The van der Waals surface area contributed by atoms with E-state index in [1.807, 2.05) is 0 Å². The van der Waals surface area contributed by atoms with E-state index in [4.69, 9.17) is 0 Å². The summed E-state index contributed by atoms with van der Waals surface area (Å²) in [6, 6.07) is 4.69. The normalized spacial score (nSPS) is 22.9. The minimum absolute atomic E-state index is 0.122. The van der Waals surface area contributed by atoms with Crippen LogP contribution in [-0.2, 0) is 0 Å². The number of benzene rings is 1. The van der Waals surface area contributed by atoms with E-state index in [9.17, 15) is 9.18 Å². The maximum absolute atomic E-state index is 13.9. The van der Waals surface area contributed by atoms with Crippen LogP contribution in [0.25, 0.3) is 0 Å². The summed E-state index contributed by atoms with van der Waals surface area (Å²) in [6.45, 7) is 6.63. The molecular formula is C17H23BrFNO. The van der Waals surface area contributed by atoms with Crippen molar-refractivity contribution < 1.29 is 9.18 Å². The van der Waals surface area contributed by atoms with Crippen molar-refractivity contribution in [1.29, 1.82) is 0 Å². The predicted molar refractivity (Wildman–Crippen MR) is 86.8 cm³/mol. The van der Waals surface area contributed by atoms with Crippen LogP contribution in [0.1, 0.15) is 56.8 Å². The summed E-state index contributed by atoms with van der Waals surface area (Å²) < 4.78 is 14.5. The van der Waals surface area contributed by atoms with E-state index in [0.717, 1.165) is 19.3 Å². The molecule has 21 heavy (non-hydrogen) atoms. The SMILES string of the molecule is CC(C)(C)C1CCCCC1NC(=O)c1ccc(Br)cc1F. The Morgan fingerprint density at radius 3 is 2.57 bits per heavy atom. The van der Waals surface area contributed by atoms with Crippen molar-refractivity contribution in [2.24, 2.45) is 11.3 Å².